The van der Waals surface area contributed by atoms with Crippen LogP contribution in [-0.4, -0.2) is 0 Å². The summed E-state index contributed by atoms with van der Waals surface area (Å²) < 4.78 is 78.5. The second-order valence-corrected chi connectivity index (χ2v) is 21.1. The molecule has 0 unspecified atom stereocenters. The van der Waals surface area contributed by atoms with Gasteiger partial charge in [-0.15, -0.1) is 0 Å². The summed E-state index contributed by atoms with van der Waals surface area (Å²) in [6.45, 7) is 23.3. The number of hydrogen-bond acceptors (Lipinski definition) is 10. The fourth-order valence-corrected chi connectivity index (χ4v) is 9.55. The number of aryl methyl sites for hydroxylation is 9. The Bertz CT molecular complexity index is 3230. The van der Waals surface area contributed by atoms with Crippen LogP contribution in [0.2, 0.25) is 0 Å². The number of phosphoric ester groups is 1. The summed E-state index contributed by atoms with van der Waals surface area (Å²) in [6, 6.07) is 51.2. The first-order valence-corrected chi connectivity index (χ1v) is 26.9. The van der Waals surface area contributed by atoms with E-state index in [1.165, 1.54) is 0 Å². The van der Waals surface area contributed by atoms with Crippen LogP contribution in [0, 0.1) is 83.1 Å². The minimum atomic E-state index is -5.18. The van der Waals surface area contributed by atoms with Gasteiger partial charge in [-0.25, -0.2) is 0 Å². The molecule has 0 aliphatic heterocycles. The van der Waals surface area contributed by atoms with Crippen molar-refractivity contribution in [1.82, 2.24) is 0 Å². The molecule has 11 heteroatoms. The van der Waals surface area contributed by atoms with Gasteiger partial charge in [0.2, 0.25) is 17.2 Å². The first-order valence-electron chi connectivity index (χ1n) is 25.5. The predicted octanol–water partition coefficient (Wildman–Crippen LogP) is 19.8. The van der Waals surface area contributed by atoms with Crippen LogP contribution in [0.25, 0.3) is 0 Å². The minimum absolute atomic E-state index is 0.0286. The van der Waals surface area contributed by atoms with Gasteiger partial charge in [0.25, 0.3) is 0 Å². The molecule has 0 heterocycles. The van der Waals surface area contributed by atoms with Gasteiger partial charge < -0.3 is 42.0 Å². The van der Waals surface area contributed by atoms with Crippen molar-refractivity contribution in [1.29, 1.82) is 0 Å². The van der Waals surface area contributed by atoms with Crippen molar-refractivity contribution in [3.05, 3.63) is 231 Å². The summed E-state index contributed by atoms with van der Waals surface area (Å²) in [5.41, 5.74) is 10.2. The standard InChI is InChI=1S/C66H63O10P/c1-40-13-25-52(26-14-40)68-58-37-46(7)49(10)61(64(58)71-55-31-19-43(4)20-32-55)74-77(67,75-62-50(11)47(8)38-59(69-53-27-15-41(2)16-28-53)65(62)72-56-33-21-44(5)22-34-56)76-63-51(12)48(9)39-60(70-54-29-17-42(3)18-30-54)66(63)73-57-35-23-45(6)24-36-57/h13-39H,1-12H3. The zero-order valence-corrected chi connectivity index (χ0v) is 46.5. The molecule has 0 aliphatic rings. The lowest BCUT2D eigenvalue weighted by Crippen LogP contribution is -2.13. The number of benzene rings is 9. The maximum atomic E-state index is 17.0. The predicted molar refractivity (Wildman–Crippen MR) is 305 cm³/mol. The number of hydrogen-bond donors (Lipinski definition) is 0. The van der Waals surface area contributed by atoms with Gasteiger partial charge in [0.15, 0.2) is 34.5 Å². The first-order chi connectivity index (χ1) is 36.9. The fraction of sp³-hybridized carbons (Fsp3) is 0.182. The molecule has 0 aliphatic carbocycles. The zero-order valence-electron chi connectivity index (χ0n) is 45.6. The maximum Gasteiger partial charge on any atom is 0.647 e. The molecular formula is C66H63O10P. The highest BCUT2D eigenvalue weighted by Crippen LogP contribution is 2.61. The molecule has 0 N–H and O–H groups in total. The number of phosphoric acid groups is 1. The molecule has 0 bridgehead atoms. The van der Waals surface area contributed by atoms with Crippen molar-refractivity contribution >= 4 is 7.82 Å². The third kappa shape index (κ3) is 12.7. The molecule has 0 spiro atoms. The van der Waals surface area contributed by atoms with Crippen LogP contribution >= 0.6 is 7.82 Å². The van der Waals surface area contributed by atoms with Crippen molar-refractivity contribution in [2.45, 2.75) is 83.1 Å². The zero-order chi connectivity index (χ0) is 54.5. The average Bonchev–Trinajstić information content (AvgIpc) is 3.43. The Morgan fingerprint density at radius 1 is 0.247 bits per heavy atom. The summed E-state index contributed by atoms with van der Waals surface area (Å²) in [4.78, 5) is 0. The molecule has 0 amide bonds. The van der Waals surface area contributed by atoms with Crippen LogP contribution in [0.5, 0.6) is 86.2 Å². The maximum absolute atomic E-state index is 17.0. The second-order valence-electron chi connectivity index (χ2n) is 19.6. The van der Waals surface area contributed by atoms with Crippen LogP contribution in [0.15, 0.2) is 164 Å². The Balaban J connectivity index is 1.29. The monoisotopic (exact) mass is 1050 g/mol. The molecule has 77 heavy (non-hydrogen) atoms. The smallest absolute Gasteiger partial charge is 0.453 e. The third-order valence-electron chi connectivity index (χ3n) is 13.2. The van der Waals surface area contributed by atoms with Gasteiger partial charge >= 0.3 is 7.82 Å². The molecule has 9 aromatic carbocycles. The van der Waals surface area contributed by atoms with Crippen molar-refractivity contribution in [3.8, 4) is 86.2 Å². The van der Waals surface area contributed by atoms with Crippen molar-refractivity contribution in [2.75, 3.05) is 0 Å². The van der Waals surface area contributed by atoms with E-state index in [1.54, 1.807) is 0 Å². The van der Waals surface area contributed by atoms with E-state index >= 15 is 4.57 Å². The summed E-state index contributed by atoms with van der Waals surface area (Å²) in [7, 11) is -5.18. The van der Waals surface area contributed by atoms with Crippen LogP contribution in [0.1, 0.15) is 66.8 Å². The lowest BCUT2D eigenvalue weighted by Gasteiger charge is -2.27. The molecule has 0 fully saturated rings. The molecule has 0 saturated heterocycles. The van der Waals surface area contributed by atoms with Gasteiger partial charge in [0, 0.05) is 0 Å². The topological polar surface area (TPSA) is 100 Å². The van der Waals surface area contributed by atoms with Gasteiger partial charge in [-0.1, -0.05) is 106 Å². The number of ether oxygens (including phenoxy) is 6. The molecular weight excluding hydrogens is 984 g/mol. The Kier molecular flexibility index (Phi) is 15.7. The molecule has 0 radical (unpaired) electrons. The summed E-state index contributed by atoms with van der Waals surface area (Å²) in [5, 5.41) is 0. The van der Waals surface area contributed by atoms with Crippen molar-refractivity contribution in [3.63, 3.8) is 0 Å². The van der Waals surface area contributed by atoms with Gasteiger partial charge in [-0.2, -0.15) is 4.57 Å². The van der Waals surface area contributed by atoms with E-state index in [-0.39, 0.29) is 51.7 Å². The van der Waals surface area contributed by atoms with E-state index in [0.717, 1.165) is 50.1 Å². The third-order valence-corrected chi connectivity index (χ3v) is 14.4. The largest absolute Gasteiger partial charge is 0.647 e. The summed E-state index contributed by atoms with van der Waals surface area (Å²) in [5.74, 6) is 4.31. The van der Waals surface area contributed by atoms with Gasteiger partial charge in [-0.05, 0) is 207 Å². The highest BCUT2D eigenvalue weighted by Gasteiger charge is 2.41. The van der Waals surface area contributed by atoms with E-state index in [9.17, 15) is 0 Å². The number of rotatable bonds is 18. The van der Waals surface area contributed by atoms with E-state index in [4.69, 9.17) is 42.0 Å². The van der Waals surface area contributed by atoms with Gasteiger partial charge in [0.05, 0.1) is 0 Å². The summed E-state index contributed by atoms with van der Waals surface area (Å²) >= 11 is 0. The highest BCUT2D eigenvalue weighted by molar-refractivity contribution is 7.49. The Morgan fingerprint density at radius 3 is 0.623 bits per heavy atom. The fourth-order valence-electron chi connectivity index (χ4n) is 8.11. The molecule has 9 aromatic rings. The van der Waals surface area contributed by atoms with Crippen LogP contribution in [0.3, 0.4) is 0 Å². The molecule has 0 saturated carbocycles. The molecule has 0 aromatic heterocycles. The molecule has 0 atom stereocenters. The normalized spacial score (nSPS) is 11.2. The minimum Gasteiger partial charge on any atom is -0.453 e. The quantitative estimate of drug-likeness (QED) is 0.0772. The van der Waals surface area contributed by atoms with Crippen LogP contribution < -0.4 is 42.0 Å². The molecule has 392 valence electrons. The average molecular weight is 1050 g/mol. The van der Waals surface area contributed by atoms with E-state index in [1.807, 2.05) is 247 Å². The van der Waals surface area contributed by atoms with Crippen LogP contribution in [-0.2, 0) is 4.57 Å². The highest BCUT2D eigenvalue weighted by atomic mass is 31.2. The van der Waals surface area contributed by atoms with Gasteiger partial charge in [0.1, 0.15) is 34.5 Å². The lowest BCUT2D eigenvalue weighted by molar-refractivity contribution is 0.278. The van der Waals surface area contributed by atoms with Crippen molar-refractivity contribution in [2.24, 2.45) is 0 Å². The first kappa shape index (κ1) is 53.2. The Hall–Kier alpha value is -8.59. The Morgan fingerprint density at radius 2 is 0.429 bits per heavy atom. The van der Waals surface area contributed by atoms with E-state index in [0.29, 0.717) is 51.2 Å². The second kappa shape index (κ2) is 22.7. The van der Waals surface area contributed by atoms with Crippen LogP contribution in [0.4, 0.5) is 0 Å². The lowest BCUT2D eigenvalue weighted by atomic mass is 10.1. The summed E-state index contributed by atoms with van der Waals surface area (Å²) in [6.07, 6.45) is 0. The van der Waals surface area contributed by atoms with E-state index in [2.05, 4.69) is 0 Å². The van der Waals surface area contributed by atoms with Crippen molar-refractivity contribution < 1.29 is 46.6 Å². The molecule has 10 nitrogen and oxygen atoms in total. The SMILES string of the molecule is Cc1ccc(Oc2cc(C)c(C)c(OP(=O)(Oc3c(C)c(C)cc(Oc4ccc(C)cc4)c3Oc3ccc(C)cc3)Oc3c(C)c(C)cc(Oc4ccc(C)cc4)c3Oc3ccc(C)cc3)c2Oc2ccc(C)cc2)cc1. The Labute approximate surface area is 452 Å². The van der Waals surface area contributed by atoms with Gasteiger partial charge in [-0.3, -0.25) is 0 Å². The molecule has 9 rings (SSSR count). The van der Waals surface area contributed by atoms with E-state index < -0.39 is 7.82 Å².